The molecule has 1 rings (SSSR count). The number of hydrogen-bond acceptors (Lipinski definition) is 2. The van der Waals surface area contributed by atoms with Crippen molar-refractivity contribution < 1.29 is 9.53 Å². The van der Waals surface area contributed by atoms with Crippen molar-refractivity contribution in [2.75, 3.05) is 7.11 Å². The first-order valence-electron chi connectivity index (χ1n) is 5.48. The Labute approximate surface area is 92.0 Å². The third-order valence-corrected chi connectivity index (χ3v) is 3.71. The lowest BCUT2D eigenvalue weighted by molar-refractivity contribution is -0.134. The highest BCUT2D eigenvalue weighted by Crippen LogP contribution is 2.42. The Kier molecular flexibility index (Phi) is 4.13. The first kappa shape index (κ1) is 12.0. The van der Waals surface area contributed by atoms with Crippen molar-refractivity contribution >= 4 is 5.97 Å². The van der Waals surface area contributed by atoms with Crippen LogP contribution in [0.4, 0.5) is 0 Å². The van der Waals surface area contributed by atoms with Gasteiger partial charge in [0.2, 0.25) is 0 Å². The van der Waals surface area contributed by atoms with E-state index in [-0.39, 0.29) is 5.97 Å². The molecule has 1 aliphatic rings. The van der Waals surface area contributed by atoms with Gasteiger partial charge in [-0.25, -0.2) is 4.79 Å². The summed E-state index contributed by atoms with van der Waals surface area (Å²) in [5, 5.41) is 0. The normalized spacial score (nSPS) is 35.7. The SMILES string of the molecule is C=CC1CC(/C=C/C(=O)OC)C(C)C1C. The van der Waals surface area contributed by atoms with Gasteiger partial charge in [-0.15, -0.1) is 6.58 Å². The second-order valence-corrected chi connectivity index (χ2v) is 4.40. The predicted molar refractivity (Wildman–Crippen MR) is 61.3 cm³/mol. The molecule has 4 unspecified atom stereocenters. The molecule has 0 aromatic carbocycles. The standard InChI is InChI=1S/C13H20O2/c1-5-11-8-12(10(3)9(11)2)6-7-13(14)15-4/h5-7,9-12H,1,8H2,2-4H3/b7-6+. The highest BCUT2D eigenvalue weighted by atomic mass is 16.5. The average Bonchev–Trinajstić information content (AvgIpc) is 2.52. The highest BCUT2D eigenvalue weighted by Gasteiger charge is 2.34. The Morgan fingerprint density at radius 3 is 2.40 bits per heavy atom. The fraction of sp³-hybridized carbons (Fsp3) is 0.615. The van der Waals surface area contributed by atoms with Crippen molar-refractivity contribution in [2.24, 2.45) is 23.7 Å². The third-order valence-electron chi connectivity index (χ3n) is 3.71. The summed E-state index contributed by atoms with van der Waals surface area (Å²) < 4.78 is 4.58. The van der Waals surface area contributed by atoms with Gasteiger partial charge in [-0.1, -0.05) is 26.0 Å². The summed E-state index contributed by atoms with van der Waals surface area (Å²) in [4.78, 5) is 11.0. The van der Waals surface area contributed by atoms with E-state index >= 15 is 0 Å². The van der Waals surface area contributed by atoms with E-state index in [9.17, 15) is 4.79 Å². The summed E-state index contributed by atoms with van der Waals surface area (Å²) in [6.07, 6.45) is 6.66. The average molecular weight is 208 g/mol. The second kappa shape index (κ2) is 5.15. The summed E-state index contributed by atoms with van der Waals surface area (Å²) in [5.74, 6) is 2.04. The van der Waals surface area contributed by atoms with Gasteiger partial charge in [-0.3, -0.25) is 0 Å². The lowest BCUT2D eigenvalue weighted by Gasteiger charge is -2.15. The maximum Gasteiger partial charge on any atom is 0.330 e. The van der Waals surface area contributed by atoms with Crippen LogP contribution in [0.1, 0.15) is 20.3 Å². The molecule has 2 heteroatoms. The maximum atomic E-state index is 11.0. The fourth-order valence-electron chi connectivity index (χ4n) is 2.36. The van der Waals surface area contributed by atoms with Crippen molar-refractivity contribution in [1.29, 1.82) is 0 Å². The predicted octanol–water partition coefficient (Wildman–Crippen LogP) is 2.81. The molecule has 84 valence electrons. The molecule has 1 fully saturated rings. The van der Waals surface area contributed by atoms with E-state index in [0.717, 1.165) is 6.42 Å². The Morgan fingerprint density at radius 1 is 1.33 bits per heavy atom. The Hall–Kier alpha value is -1.05. The molecular weight excluding hydrogens is 188 g/mol. The van der Waals surface area contributed by atoms with Crippen LogP contribution in [0.15, 0.2) is 24.8 Å². The number of hydrogen-bond donors (Lipinski definition) is 0. The lowest BCUT2D eigenvalue weighted by atomic mass is 9.90. The zero-order chi connectivity index (χ0) is 11.4. The number of allylic oxidation sites excluding steroid dienone is 2. The Bertz CT molecular complexity index is 268. The zero-order valence-electron chi connectivity index (χ0n) is 9.77. The van der Waals surface area contributed by atoms with Crippen LogP contribution in [0.5, 0.6) is 0 Å². The van der Waals surface area contributed by atoms with Gasteiger partial charge >= 0.3 is 5.97 Å². The van der Waals surface area contributed by atoms with Gasteiger partial charge in [0.1, 0.15) is 0 Å². The molecule has 0 radical (unpaired) electrons. The van der Waals surface area contributed by atoms with Crippen LogP contribution in [0.2, 0.25) is 0 Å². The molecule has 15 heavy (non-hydrogen) atoms. The van der Waals surface area contributed by atoms with Gasteiger partial charge < -0.3 is 4.74 Å². The molecule has 0 spiro atoms. The minimum Gasteiger partial charge on any atom is -0.466 e. The zero-order valence-corrected chi connectivity index (χ0v) is 9.77. The summed E-state index contributed by atoms with van der Waals surface area (Å²) in [7, 11) is 1.40. The van der Waals surface area contributed by atoms with E-state index in [1.807, 2.05) is 12.2 Å². The molecule has 1 aliphatic carbocycles. The summed E-state index contributed by atoms with van der Waals surface area (Å²) in [6, 6.07) is 0. The van der Waals surface area contributed by atoms with Gasteiger partial charge in [0.15, 0.2) is 0 Å². The molecule has 0 aliphatic heterocycles. The molecule has 0 aromatic rings. The smallest absolute Gasteiger partial charge is 0.330 e. The quantitative estimate of drug-likeness (QED) is 0.405. The van der Waals surface area contributed by atoms with E-state index in [4.69, 9.17) is 0 Å². The molecule has 0 heterocycles. The maximum absolute atomic E-state index is 11.0. The molecule has 0 bridgehead atoms. The van der Waals surface area contributed by atoms with Crippen molar-refractivity contribution in [3.8, 4) is 0 Å². The highest BCUT2D eigenvalue weighted by molar-refractivity contribution is 5.81. The van der Waals surface area contributed by atoms with Crippen LogP contribution in [0, 0.1) is 23.7 Å². The molecule has 0 aromatic heterocycles. The number of rotatable bonds is 3. The van der Waals surface area contributed by atoms with Gasteiger partial charge in [-0.05, 0) is 30.1 Å². The van der Waals surface area contributed by atoms with Crippen molar-refractivity contribution in [3.05, 3.63) is 24.8 Å². The van der Waals surface area contributed by atoms with Crippen molar-refractivity contribution in [1.82, 2.24) is 0 Å². The van der Waals surface area contributed by atoms with Gasteiger partial charge in [0.25, 0.3) is 0 Å². The molecule has 0 saturated heterocycles. The van der Waals surface area contributed by atoms with Gasteiger partial charge in [-0.2, -0.15) is 0 Å². The van der Waals surface area contributed by atoms with Crippen LogP contribution in [0.25, 0.3) is 0 Å². The fourth-order valence-corrected chi connectivity index (χ4v) is 2.36. The largest absolute Gasteiger partial charge is 0.466 e. The van der Waals surface area contributed by atoms with Crippen molar-refractivity contribution in [2.45, 2.75) is 20.3 Å². The minimum atomic E-state index is -0.267. The van der Waals surface area contributed by atoms with E-state index in [1.54, 1.807) is 6.08 Å². The van der Waals surface area contributed by atoms with E-state index in [2.05, 4.69) is 25.2 Å². The van der Waals surface area contributed by atoms with Crippen LogP contribution >= 0.6 is 0 Å². The first-order chi connectivity index (χ1) is 7.10. The van der Waals surface area contributed by atoms with E-state index in [1.165, 1.54) is 7.11 Å². The number of methoxy groups -OCH3 is 1. The number of carbonyl (C=O) groups excluding carboxylic acids is 1. The van der Waals surface area contributed by atoms with E-state index < -0.39 is 0 Å². The second-order valence-electron chi connectivity index (χ2n) is 4.40. The Balaban J connectivity index is 2.61. The first-order valence-corrected chi connectivity index (χ1v) is 5.48. The Morgan fingerprint density at radius 2 is 1.93 bits per heavy atom. The van der Waals surface area contributed by atoms with Crippen LogP contribution in [-0.4, -0.2) is 13.1 Å². The molecule has 0 N–H and O–H groups in total. The molecule has 4 atom stereocenters. The molecular formula is C13H20O2. The number of ether oxygens (including phenoxy) is 1. The summed E-state index contributed by atoms with van der Waals surface area (Å²) >= 11 is 0. The van der Waals surface area contributed by atoms with Crippen LogP contribution in [0.3, 0.4) is 0 Å². The monoisotopic (exact) mass is 208 g/mol. The minimum absolute atomic E-state index is 0.267. The number of carbonyl (C=O) groups is 1. The third kappa shape index (κ3) is 2.71. The summed E-state index contributed by atoms with van der Waals surface area (Å²) in [5.41, 5.74) is 0. The van der Waals surface area contributed by atoms with Crippen LogP contribution in [-0.2, 0) is 9.53 Å². The summed E-state index contributed by atoms with van der Waals surface area (Å²) in [6.45, 7) is 8.35. The van der Waals surface area contributed by atoms with Gasteiger partial charge in [0, 0.05) is 6.08 Å². The van der Waals surface area contributed by atoms with Crippen LogP contribution < -0.4 is 0 Å². The lowest BCUT2D eigenvalue weighted by Crippen LogP contribution is -2.09. The molecule has 1 saturated carbocycles. The molecule has 2 nitrogen and oxygen atoms in total. The van der Waals surface area contributed by atoms with E-state index in [0.29, 0.717) is 23.7 Å². The van der Waals surface area contributed by atoms with Gasteiger partial charge in [0.05, 0.1) is 7.11 Å². The van der Waals surface area contributed by atoms with Crippen molar-refractivity contribution in [3.63, 3.8) is 0 Å². The number of esters is 1. The topological polar surface area (TPSA) is 26.3 Å². The molecule has 0 amide bonds.